The third kappa shape index (κ3) is 3.35. The molecular formula is C13H25ClN2. The van der Waals surface area contributed by atoms with Gasteiger partial charge in [-0.05, 0) is 57.7 Å². The molecule has 16 heavy (non-hydrogen) atoms. The van der Waals surface area contributed by atoms with Crippen molar-refractivity contribution in [2.24, 2.45) is 5.41 Å². The van der Waals surface area contributed by atoms with E-state index in [1.165, 1.54) is 45.1 Å². The Kier molecular flexibility index (Phi) is 4.51. The Morgan fingerprint density at radius 3 is 2.81 bits per heavy atom. The molecule has 0 aromatic rings. The monoisotopic (exact) mass is 244 g/mol. The van der Waals surface area contributed by atoms with Crippen molar-refractivity contribution >= 4 is 11.6 Å². The van der Waals surface area contributed by atoms with Crippen LogP contribution in [0.5, 0.6) is 0 Å². The number of nitrogens with one attached hydrogen (secondary N) is 1. The normalized spacial score (nSPS) is 29.2. The molecule has 1 saturated carbocycles. The summed E-state index contributed by atoms with van der Waals surface area (Å²) in [5, 5.41) is 3.60. The Morgan fingerprint density at radius 2 is 2.19 bits per heavy atom. The lowest BCUT2D eigenvalue weighted by Crippen LogP contribution is -2.38. The molecule has 0 amide bonds. The van der Waals surface area contributed by atoms with Gasteiger partial charge in [-0.1, -0.05) is 6.42 Å². The number of alkyl halides is 1. The standard InChI is InChI=1S/C13H25ClN2/c1-16-9-3-2-4-12(16)5-8-15-11-13(10-14)6-7-13/h12,15H,2-11H2,1H3. The molecule has 1 unspecified atom stereocenters. The molecule has 0 radical (unpaired) electrons. The van der Waals surface area contributed by atoms with Crippen molar-refractivity contribution in [1.29, 1.82) is 0 Å². The second-order valence-electron chi connectivity index (χ2n) is 5.73. The van der Waals surface area contributed by atoms with Gasteiger partial charge >= 0.3 is 0 Å². The maximum Gasteiger partial charge on any atom is 0.0292 e. The Labute approximate surface area is 105 Å². The molecule has 3 heteroatoms. The third-order valence-electron chi connectivity index (χ3n) is 4.32. The van der Waals surface area contributed by atoms with Crippen LogP contribution in [0.3, 0.4) is 0 Å². The van der Waals surface area contributed by atoms with E-state index in [9.17, 15) is 0 Å². The van der Waals surface area contributed by atoms with Gasteiger partial charge in [-0.3, -0.25) is 0 Å². The lowest BCUT2D eigenvalue weighted by molar-refractivity contribution is 0.175. The quantitative estimate of drug-likeness (QED) is 0.571. The summed E-state index contributed by atoms with van der Waals surface area (Å²) in [7, 11) is 2.27. The topological polar surface area (TPSA) is 15.3 Å². The van der Waals surface area contributed by atoms with Crippen molar-refractivity contribution in [1.82, 2.24) is 10.2 Å². The number of rotatable bonds is 6. The predicted octanol–water partition coefficient (Wildman–Crippen LogP) is 2.47. The van der Waals surface area contributed by atoms with E-state index < -0.39 is 0 Å². The second-order valence-corrected chi connectivity index (χ2v) is 6.00. The zero-order valence-corrected chi connectivity index (χ0v) is 11.2. The second kappa shape index (κ2) is 5.70. The van der Waals surface area contributed by atoms with Gasteiger partial charge < -0.3 is 10.2 Å². The van der Waals surface area contributed by atoms with E-state index in [4.69, 9.17) is 11.6 Å². The average Bonchev–Trinajstić information content (AvgIpc) is 3.07. The van der Waals surface area contributed by atoms with Gasteiger partial charge in [-0.15, -0.1) is 11.6 Å². The van der Waals surface area contributed by atoms with Crippen LogP contribution in [-0.2, 0) is 0 Å². The lowest BCUT2D eigenvalue weighted by atomic mass is 10.00. The van der Waals surface area contributed by atoms with Gasteiger partial charge in [0.25, 0.3) is 0 Å². The highest BCUT2D eigenvalue weighted by Crippen LogP contribution is 2.45. The zero-order chi connectivity index (χ0) is 11.4. The minimum Gasteiger partial charge on any atom is -0.316 e. The van der Waals surface area contributed by atoms with Gasteiger partial charge in [-0.2, -0.15) is 0 Å². The molecule has 1 atom stereocenters. The Balaban J connectivity index is 1.57. The molecular weight excluding hydrogens is 220 g/mol. The van der Waals surface area contributed by atoms with E-state index in [0.29, 0.717) is 5.41 Å². The minimum atomic E-state index is 0.472. The highest BCUT2D eigenvalue weighted by atomic mass is 35.5. The molecule has 2 rings (SSSR count). The molecule has 1 saturated heterocycles. The van der Waals surface area contributed by atoms with Crippen LogP contribution in [0.15, 0.2) is 0 Å². The van der Waals surface area contributed by atoms with Crippen LogP contribution in [0.25, 0.3) is 0 Å². The molecule has 2 fully saturated rings. The SMILES string of the molecule is CN1CCCCC1CCNCC1(CCl)CC1. The summed E-state index contributed by atoms with van der Waals surface area (Å²) < 4.78 is 0. The van der Waals surface area contributed by atoms with E-state index in [2.05, 4.69) is 17.3 Å². The number of piperidine rings is 1. The maximum absolute atomic E-state index is 5.96. The van der Waals surface area contributed by atoms with Crippen molar-refractivity contribution in [2.75, 3.05) is 32.6 Å². The molecule has 0 aromatic heterocycles. The van der Waals surface area contributed by atoms with E-state index in [-0.39, 0.29) is 0 Å². The summed E-state index contributed by atoms with van der Waals surface area (Å²) >= 11 is 5.96. The number of hydrogen-bond acceptors (Lipinski definition) is 2. The molecule has 1 N–H and O–H groups in total. The van der Waals surface area contributed by atoms with Crippen LogP contribution in [0.2, 0.25) is 0 Å². The third-order valence-corrected chi connectivity index (χ3v) is 4.88. The minimum absolute atomic E-state index is 0.472. The van der Waals surface area contributed by atoms with Crippen LogP contribution < -0.4 is 5.32 Å². The van der Waals surface area contributed by atoms with E-state index in [0.717, 1.165) is 25.0 Å². The molecule has 2 nitrogen and oxygen atoms in total. The smallest absolute Gasteiger partial charge is 0.0292 e. The van der Waals surface area contributed by atoms with Crippen LogP contribution in [0.1, 0.15) is 38.5 Å². The Hall–Kier alpha value is 0.210. The molecule has 1 heterocycles. The van der Waals surface area contributed by atoms with Crippen molar-refractivity contribution in [3.63, 3.8) is 0 Å². The van der Waals surface area contributed by atoms with E-state index in [1.54, 1.807) is 0 Å². The number of nitrogens with zero attached hydrogens (tertiary/aromatic N) is 1. The van der Waals surface area contributed by atoms with E-state index in [1.807, 2.05) is 0 Å². The maximum atomic E-state index is 5.96. The summed E-state index contributed by atoms with van der Waals surface area (Å²) in [6, 6.07) is 0.812. The number of likely N-dealkylation sites (tertiary alicyclic amines) is 1. The zero-order valence-electron chi connectivity index (χ0n) is 10.5. The summed E-state index contributed by atoms with van der Waals surface area (Å²) in [5.74, 6) is 0.837. The van der Waals surface area contributed by atoms with Gasteiger partial charge in [0.2, 0.25) is 0 Å². The van der Waals surface area contributed by atoms with Crippen molar-refractivity contribution in [2.45, 2.75) is 44.6 Å². The van der Waals surface area contributed by atoms with Crippen molar-refractivity contribution < 1.29 is 0 Å². The average molecular weight is 245 g/mol. The molecule has 0 spiro atoms. The van der Waals surface area contributed by atoms with Gasteiger partial charge in [0.1, 0.15) is 0 Å². The van der Waals surface area contributed by atoms with Crippen molar-refractivity contribution in [3.8, 4) is 0 Å². The molecule has 94 valence electrons. The van der Waals surface area contributed by atoms with Gasteiger partial charge in [0.05, 0.1) is 0 Å². The Morgan fingerprint density at radius 1 is 1.38 bits per heavy atom. The first-order valence-corrected chi connectivity index (χ1v) is 7.26. The summed E-state index contributed by atoms with van der Waals surface area (Å²) in [6.45, 7) is 3.58. The van der Waals surface area contributed by atoms with Crippen LogP contribution in [-0.4, -0.2) is 43.5 Å². The first kappa shape index (κ1) is 12.7. The fourth-order valence-electron chi connectivity index (χ4n) is 2.67. The van der Waals surface area contributed by atoms with Crippen LogP contribution in [0.4, 0.5) is 0 Å². The van der Waals surface area contributed by atoms with Gasteiger partial charge in [0.15, 0.2) is 0 Å². The Bertz CT molecular complexity index is 216. The fraction of sp³-hybridized carbons (Fsp3) is 1.00. The summed E-state index contributed by atoms with van der Waals surface area (Å²) in [4.78, 5) is 2.53. The van der Waals surface area contributed by atoms with Crippen LogP contribution >= 0.6 is 11.6 Å². The van der Waals surface area contributed by atoms with E-state index >= 15 is 0 Å². The highest BCUT2D eigenvalue weighted by Gasteiger charge is 2.41. The van der Waals surface area contributed by atoms with Crippen molar-refractivity contribution in [3.05, 3.63) is 0 Å². The molecule has 2 aliphatic rings. The first-order valence-electron chi connectivity index (χ1n) is 6.73. The molecule has 1 aliphatic heterocycles. The number of hydrogen-bond donors (Lipinski definition) is 1. The predicted molar refractivity (Wildman–Crippen MR) is 70.1 cm³/mol. The van der Waals surface area contributed by atoms with Gasteiger partial charge in [0, 0.05) is 18.5 Å². The summed E-state index contributed by atoms with van der Waals surface area (Å²) in [5.41, 5.74) is 0.472. The first-order chi connectivity index (χ1) is 7.76. The number of halogens is 1. The fourth-order valence-corrected chi connectivity index (χ4v) is 3.03. The highest BCUT2D eigenvalue weighted by molar-refractivity contribution is 6.18. The molecule has 0 aromatic carbocycles. The molecule has 1 aliphatic carbocycles. The lowest BCUT2D eigenvalue weighted by Gasteiger charge is -2.32. The van der Waals surface area contributed by atoms with Crippen LogP contribution in [0, 0.1) is 5.41 Å². The molecule has 0 bridgehead atoms. The largest absolute Gasteiger partial charge is 0.316 e. The van der Waals surface area contributed by atoms with Gasteiger partial charge in [-0.25, -0.2) is 0 Å². The summed E-state index contributed by atoms with van der Waals surface area (Å²) in [6.07, 6.45) is 8.14.